The van der Waals surface area contributed by atoms with Gasteiger partial charge in [0.2, 0.25) is 9.84 Å². The molecule has 0 saturated carbocycles. The summed E-state index contributed by atoms with van der Waals surface area (Å²) in [6.45, 7) is 4.79. The Balaban J connectivity index is 3.55. The molecule has 0 N–H and O–H groups in total. The second-order valence-electron chi connectivity index (χ2n) is 3.71. The third kappa shape index (κ3) is 2.40. The van der Waals surface area contributed by atoms with Gasteiger partial charge in [0.25, 0.3) is 0 Å². The van der Waals surface area contributed by atoms with E-state index in [9.17, 15) is 8.42 Å². The van der Waals surface area contributed by atoms with Crippen LogP contribution in [0, 0.1) is 25.2 Å². The smallest absolute Gasteiger partial charge is 0.202 e. The number of alkyl halides is 1. The van der Waals surface area contributed by atoms with E-state index < -0.39 is 15.1 Å². The van der Waals surface area contributed by atoms with Crippen molar-refractivity contribution in [1.82, 2.24) is 10.2 Å². The first-order chi connectivity index (χ1) is 7.86. The lowest BCUT2D eigenvalue weighted by Crippen LogP contribution is -2.23. The number of nitrogens with zero attached hydrogens (tertiary/aromatic N) is 3. The summed E-state index contributed by atoms with van der Waals surface area (Å²) in [5, 5.41) is 15.3. The van der Waals surface area contributed by atoms with Crippen LogP contribution >= 0.6 is 11.6 Å². The summed E-state index contributed by atoms with van der Waals surface area (Å²) in [4.78, 5) is 0. The monoisotopic (exact) mass is 273 g/mol. The van der Waals surface area contributed by atoms with E-state index in [1.807, 2.05) is 6.07 Å². The molecule has 7 heteroatoms. The summed E-state index contributed by atoms with van der Waals surface area (Å²) >= 11 is 5.54. The molecule has 0 aliphatic carbocycles. The van der Waals surface area contributed by atoms with Gasteiger partial charge >= 0.3 is 0 Å². The number of halogens is 1. The van der Waals surface area contributed by atoms with Crippen LogP contribution in [0.25, 0.3) is 0 Å². The second kappa shape index (κ2) is 4.98. The average molecular weight is 274 g/mol. The third-order valence-electron chi connectivity index (χ3n) is 2.55. The Morgan fingerprint density at radius 1 is 1.41 bits per heavy atom. The molecule has 1 heterocycles. The molecular weight excluding hydrogens is 262 g/mol. The standard InChI is InChI=1S/C10H12ClN3O2S/c1-6(4-11)17(15,16)10-9(5-12)7(2)8(3)13-14-10/h6H,4H2,1-3H3. The molecule has 1 atom stereocenters. The summed E-state index contributed by atoms with van der Waals surface area (Å²) in [6, 6.07) is 1.87. The highest BCUT2D eigenvalue weighted by Crippen LogP contribution is 2.21. The number of hydrogen-bond donors (Lipinski definition) is 0. The molecule has 17 heavy (non-hydrogen) atoms. The van der Waals surface area contributed by atoms with E-state index in [4.69, 9.17) is 16.9 Å². The normalized spacial score (nSPS) is 13.1. The topological polar surface area (TPSA) is 83.7 Å². The molecule has 5 nitrogen and oxygen atoms in total. The molecule has 1 aromatic rings. The molecule has 0 saturated heterocycles. The second-order valence-corrected chi connectivity index (χ2v) is 6.30. The van der Waals surface area contributed by atoms with Gasteiger partial charge in [-0.05, 0) is 26.3 Å². The molecular formula is C10H12ClN3O2S. The molecule has 0 spiro atoms. The number of aryl methyl sites for hydroxylation is 1. The fraction of sp³-hybridized carbons (Fsp3) is 0.500. The Morgan fingerprint density at radius 3 is 2.47 bits per heavy atom. The van der Waals surface area contributed by atoms with Crippen LogP contribution in [0.1, 0.15) is 23.7 Å². The number of nitriles is 1. The summed E-state index contributed by atoms with van der Waals surface area (Å²) in [7, 11) is -3.70. The minimum Gasteiger partial charge on any atom is -0.222 e. The van der Waals surface area contributed by atoms with Crippen LogP contribution in [0.15, 0.2) is 5.03 Å². The largest absolute Gasteiger partial charge is 0.222 e. The van der Waals surface area contributed by atoms with Crippen molar-refractivity contribution >= 4 is 21.4 Å². The molecule has 1 aromatic heterocycles. The highest BCUT2D eigenvalue weighted by atomic mass is 35.5. The van der Waals surface area contributed by atoms with Crippen molar-refractivity contribution < 1.29 is 8.42 Å². The Bertz CT molecular complexity index is 578. The predicted molar refractivity (Wildman–Crippen MR) is 63.6 cm³/mol. The van der Waals surface area contributed by atoms with Gasteiger partial charge < -0.3 is 0 Å². The van der Waals surface area contributed by atoms with Gasteiger partial charge in [0.05, 0.1) is 16.5 Å². The lowest BCUT2D eigenvalue weighted by molar-refractivity contribution is 0.580. The van der Waals surface area contributed by atoms with E-state index in [2.05, 4.69) is 10.2 Å². The van der Waals surface area contributed by atoms with Crippen LogP contribution in [-0.2, 0) is 9.84 Å². The van der Waals surface area contributed by atoms with Crippen molar-refractivity contribution in [3.05, 3.63) is 16.8 Å². The molecule has 0 aromatic carbocycles. The Labute approximate surface area is 105 Å². The third-order valence-corrected chi connectivity index (χ3v) is 5.25. The van der Waals surface area contributed by atoms with Crippen LogP contribution < -0.4 is 0 Å². The fourth-order valence-corrected chi connectivity index (χ4v) is 2.87. The molecule has 1 rings (SSSR count). The van der Waals surface area contributed by atoms with E-state index >= 15 is 0 Å². The van der Waals surface area contributed by atoms with Crippen LogP contribution in [0.5, 0.6) is 0 Å². The number of sulfone groups is 1. The van der Waals surface area contributed by atoms with E-state index in [1.54, 1.807) is 13.8 Å². The molecule has 0 fully saturated rings. The van der Waals surface area contributed by atoms with E-state index in [1.165, 1.54) is 6.92 Å². The van der Waals surface area contributed by atoms with Crippen molar-refractivity contribution in [2.75, 3.05) is 5.88 Å². The zero-order chi connectivity index (χ0) is 13.2. The van der Waals surface area contributed by atoms with Crippen molar-refractivity contribution in [3.63, 3.8) is 0 Å². The van der Waals surface area contributed by atoms with Gasteiger partial charge in [-0.15, -0.1) is 16.7 Å². The number of rotatable bonds is 3. The Kier molecular flexibility index (Phi) is 4.07. The first-order valence-corrected chi connectivity index (χ1v) is 6.98. The van der Waals surface area contributed by atoms with Gasteiger partial charge in [-0.2, -0.15) is 10.4 Å². The van der Waals surface area contributed by atoms with Gasteiger partial charge in [0, 0.05) is 5.88 Å². The lowest BCUT2D eigenvalue weighted by Gasteiger charge is -2.11. The average Bonchev–Trinajstić information content (AvgIpc) is 2.30. The molecule has 0 aliphatic heterocycles. The molecule has 0 amide bonds. The highest BCUT2D eigenvalue weighted by Gasteiger charge is 2.29. The fourth-order valence-electron chi connectivity index (χ4n) is 1.19. The van der Waals surface area contributed by atoms with Gasteiger partial charge in [-0.3, -0.25) is 0 Å². The summed E-state index contributed by atoms with van der Waals surface area (Å²) in [6.07, 6.45) is 0. The maximum atomic E-state index is 12.1. The quantitative estimate of drug-likeness (QED) is 0.777. The van der Waals surface area contributed by atoms with Gasteiger partial charge in [0.15, 0.2) is 5.03 Å². The Morgan fingerprint density at radius 2 is 2.00 bits per heavy atom. The molecule has 1 unspecified atom stereocenters. The van der Waals surface area contributed by atoms with Gasteiger partial charge in [-0.1, -0.05) is 0 Å². The van der Waals surface area contributed by atoms with E-state index in [0.29, 0.717) is 11.3 Å². The van der Waals surface area contributed by atoms with Gasteiger partial charge in [0.1, 0.15) is 6.07 Å². The molecule has 0 aliphatic rings. The molecule has 92 valence electrons. The zero-order valence-electron chi connectivity index (χ0n) is 9.73. The first-order valence-electron chi connectivity index (χ1n) is 4.90. The minimum absolute atomic E-state index is 0.0504. The van der Waals surface area contributed by atoms with Crippen LogP contribution in [0.2, 0.25) is 0 Å². The van der Waals surface area contributed by atoms with E-state index in [-0.39, 0.29) is 16.5 Å². The highest BCUT2D eigenvalue weighted by molar-refractivity contribution is 7.92. The van der Waals surface area contributed by atoms with Crippen LogP contribution in [0.4, 0.5) is 0 Å². The van der Waals surface area contributed by atoms with Crippen LogP contribution in [-0.4, -0.2) is 29.7 Å². The summed E-state index contributed by atoms with van der Waals surface area (Å²) in [5.74, 6) is -0.0538. The maximum Gasteiger partial charge on any atom is 0.202 e. The van der Waals surface area contributed by atoms with Crippen molar-refractivity contribution in [3.8, 4) is 6.07 Å². The van der Waals surface area contributed by atoms with E-state index in [0.717, 1.165) is 0 Å². The predicted octanol–water partition coefficient (Wildman–Crippen LogP) is 1.37. The summed E-state index contributed by atoms with van der Waals surface area (Å²) < 4.78 is 24.1. The maximum absolute atomic E-state index is 12.1. The first kappa shape index (κ1) is 13.9. The SMILES string of the molecule is Cc1nnc(S(=O)(=O)C(C)CCl)c(C#N)c1C. The zero-order valence-corrected chi connectivity index (χ0v) is 11.3. The van der Waals surface area contributed by atoms with Crippen molar-refractivity contribution in [2.45, 2.75) is 31.0 Å². The van der Waals surface area contributed by atoms with Gasteiger partial charge in [-0.25, -0.2) is 8.42 Å². The minimum atomic E-state index is -3.70. The van der Waals surface area contributed by atoms with Crippen LogP contribution in [0.3, 0.4) is 0 Å². The molecule has 0 bridgehead atoms. The van der Waals surface area contributed by atoms with Crippen molar-refractivity contribution in [1.29, 1.82) is 5.26 Å². The summed E-state index contributed by atoms with van der Waals surface area (Å²) in [5.41, 5.74) is 1.12. The number of aromatic nitrogens is 2. The molecule has 0 radical (unpaired) electrons. The van der Waals surface area contributed by atoms with Crippen molar-refractivity contribution in [2.24, 2.45) is 0 Å². The lowest BCUT2D eigenvalue weighted by atomic mass is 10.1. The number of hydrogen-bond acceptors (Lipinski definition) is 5. The Hall–Kier alpha value is -1.19.